The van der Waals surface area contributed by atoms with Gasteiger partial charge in [-0.05, 0) is 67.1 Å². The molecule has 0 fully saturated rings. The molecule has 2 aromatic carbocycles. The highest BCUT2D eigenvalue weighted by Crippen LogP contribution is 2.33. The van der Waals surface area contributed by atoms with Crippen molar-refractivity contribution in [3.63, 3.8) is 0 Å². The predicted molar refractivity (Wildman–Crippen MR) is 151 cm³/mol. The summed E-state index contributed by atoms with van der Waals surface area (Å²) >= 11 is 0. The van der Waals surface area contributed by atoms with E-state index in [9.17, 15) is 23.1 Å². The van der Waals surface area contributed by atoms with E-state index in [4.69, 9.17) is 4.74 Å². The molecule has 10 heteroatoms. The van der Waals surface area contributed by atoms with Gasteiger partial charge in [-0.25, -0.2) is 14.8 Å². The number of carbonyl (C=O) groups is 1. The first-order valence-corrected chi connectivity index (χ1v) is 13.6. The molecule has 0 radical (unpaired) electrons. The fourth-order valence-electron chi connectivity index (χ4n) is 4.36. The van der Waals surface area contributed by atoms with E-state index in [1.165, 1.54) is 26.0 Å². The van der Waals surface area contributed by atoms with Crippen LogP contribution < -0.4 is 14.4 Å². The number of benzene rings is 2. The number of hydrogen-bond acceptors (Lipinski definition) is 6. The van der Waals surface area contributed by atoms with Gasteiger partial charge in [0.15, 0.2) is 5.60 Å². The second-order valence-electron chi connectivity index (χ2n) is 11.2. The molecule has 222 valence electrons. The quantitative estimate of drug-likeness (QED) is 0.233. The molecule has 3 rings (SSSR count). The Morgan fingerprint density at radius 1 is 0.927 bits per heavy atom. The minimum Gasteiger partial charge on any atom is -0.478 e. The van der Waals surface area contributed by atoms with Gasteiger partial charge in [0, 0.05) is 30.9 Å². The van der Waals surface area contributed by atoms with Gasteiger partial charge in [0.25, 0.3) is 0 Å². The van der Waals surface area contributed by atoms with Crippen LogP contribution in [0.15, 0.2) is 54.9 Å². The lowest BCUT2D eigenvalue weighted by molar-refractivity contribution is -0.274. The van der Waals surface area contributed by atoms with Crippen LogP contribution in [0.2, 0.25) is 0 Å². The van der Waals surface area contributed by atoms with Crippen molar-refractivity contribution >= 4 is 11.9 Å². The summed E-state index contributed by atoms with van der Waals surface area (Å²) in [5.41, 5.74) is 1.90. The van der Waals surface area contributed by atoms with Crippen LogP contribution in [0.4, 0.5) is 19.1 Å². The van der Waals surface area contributed by atoms with Crippen LogP contribution in [0.25, 0.3) is 0 Å². The number of carboxylic acid groups (broad SMARTS) is 1. The van der Waals surface area contributed by atoms with Crippen molar-refractivity contribution in [3.05, 3.63) is 77.1 Å². The van der Waals surface area contributed by atoms with Crippen LogP contribution in [0.5, 0.6) is 11.5 Å². The Bertz CT molecular complexity index is 1310. The minimum atomic E-state index is -4.76. The second-order valence-corrected chi connectivity index (χ2v) is 11.2. The molecule has 0 unspecified atom stereocenters. The molecule has 0 aliphatic carbocycles. The number of carboxylic acids is 1. The molecule has 0 spiro atoms. The van der Waals surface area contributed by atoms with Crippen LogP contribution in [0.1, 0.15) is 70.2 Å². The summed E-state index contributed by atoms with van der Waals surface area (Å²) in [6, 6.07) is 11.6. The zero-order valence-electron chi connectivity index (χ0n) is 24.4. The summed E-state index contributed by atoms with van der Waals surface area (Å²) in [6.07, 6.45) is 1.15. The Balaban J connectivity index is 1.93. The lowest BCUT2D eigenvalue weighted by Gasteiger charge is -2.34. The third-order valence-corrected chi connectivity index (χ3v) is 6.74. The van der Waals surface area contributed by atoms with E-state index in [0.717, 1.165) is 35.1 Å². The number of aromatic nitrogens is 2. The van der Waals surface area contributed by atoms with Crippen molar-refractivity contribution < 1.29 is 32.5 Å². The van der Waals surface area contributed by atoms with Crippen LogP contribution in [0.3, 0.4) is 0 Å². The number of aliphatic carboxylic acids is 1. The molecule has 0 bridgehead atoms. The maximum absolute atomic E-state index is 12.6. The Hall–Kier alpha value is -3.82. The Morgan fingerprint density at radius 3 is 2.10 bits per heavy atom. The lowest BCUT2D eigenvalue weighted by atomic mass is 9.82. The van der Waals surface area contributed by atoms with Crippen molar-refractivity contribution in [2.75, 3.05) is 11.4 Å². The maximum atomic E-state index is 12.6. The zero-order valence-corrected chi connectivity index (χ0v) is 24.4. The third-order valence-electron chi connectivity index (χ3n) is 6.74. The fourth-order valence-corrected chi connectivity index (χ4v) is 4.36. The number of hydrogen-bond donors (Lipinski definition) is 1. The molecule has 0 saturated heterocycles. The third kappa shape index (κ3) is 8.83. The topological polar surface area (TPSA) is 84.8 Å². The molecule has 0 aliphatic rings. The molecule has 0 aliphatic heterocycles. The van der Waals surface area contributed by atoms with Gasteiger partial charge < -0.3 is 19.5 Å². The number of rotatable bonds is 13. The largest absolute Gasteiger partial charge is 0.573 e. The number of aryl methyl sites for hydroxylation is 2. The molecule has 41 heavy (non-hydrogen) atoms. The Morgan fingerprint density at radius 2 is 1.56 bits per heavy atom. The summed E-state index contributed by atoms with van der Waals surface area (Å²) in [5.74, 6) is -0.293. The van der Waals surface area contributed by atoms with Crippen molar-refractivity contribution in [3.8, 4) is 11.5 Å². The highest BCUT2D eigenvalue weighted by molar-refractivity contribution is 5.76. The van der Waals surface area contributed by atoms with E-state index in [2.05, 4.69) is 34.6 Å². The van der Waals surface area contributed by atoms with E-state index in [0.29, 0.717) is 31.2 Å². The van der Waals surface area contributed by atoms with Crippen molar-refractivity contribution in [1.29, 1.82) is 0 Å². The summed E-state index contributed by atoms with van der Waals surface area (Å²) in [7, 11) is 0. The SMILES string of the molecule is CCCc1cc(C(C)(C)CN(Cc2ccc(OC(F)(F)F)cc2)c2ncc(CC)cn2)ccc1OC(C)(C)C(=O)O. The number of ether oxygens (including phenoxy) is 2. The van der Waals surface area contributed by atoms with E-state index >= 15 is 0 Å². The highest BCUT2D eigenvalue weighted by Gasteiger charge is 2.32. The standard InChI is InChI=1S/C31H38F3N3O4/c1-7-9-23-16-24(12-15-26(23)41-30(5,6)27(38)39)29(3,4)20-37(28-35-17-21(8-2)18-36-28)19-22-10-13-25(14-11-22)40-31(32,33)34/h10-18H,7-9,19-20H2,1-6H3,(H,38,39). The van der Waals surface area contributed by atoms with Crippen LogP contribution in [0, 0.1) is 0 Å². The maximum Gasteiger partial charge on any atom is 0.573 e. The monoisotopic (exact) mass is 573 g/mol. The van der Waals surface area contributed by atoms with Gasteiger partial charge in [-0.2, -0.15) is 0 Å². The summed E-state index contributed by atoms with van der Waals surface area (Å²) in [5, 5.41) is 9.53. The second kappa shape index (κ2) is 12.8. The first-order valence-electron chi connectivity index (χ1n) is 13.6. The molecule has 0 amide bonds. The molecule has 1 heterocycles. The van der Waals surface area contributed by atoms with E-state index in [1.54, 1.807) is 24.5 Å². The Kier molecular flexibility index (Phi) is 9.89. The van der Waals surface area contributed by atoms with E-state index < -0.39 is 23.3 Å². The molecule has 3 aromatic rings. The van der Waals surface area contributed by atoms with Gasteiger partial charge >= 0.3 is 12.3 Å². The molecule has 1 aromatic heterocycles. The molecule has 7 nitrogen and oxygen atoms in total. The average molecular weight is 574 g/mol. The van der Waals surface area contributed by atoms with Crippen molar-refractivity contribution in [2.24, 2.45) is 0 Å². The Labute approximate surface area is 239 Å². The molecule has 0 saturated carbocycles. The average Bonchev–Trinajstić information content (AvgIpc) is 2.89. The minimum absolute atomic E-state index is 0.284. The molecular weight excluding hydrogens is 535 g/mol. The van der Waals surface area contributed by atoms with Gasteiger partial charge in [-0.1, -0.05) is 58.4 Å². The molecular formula is C31H38F3N3O4. The normalized spacial score (nSPS) is 12.2. The van der Waals surface area contributed by atoms with Crippen LogP contribution >= 0.6 is 0 Å². The van der Waals surface area contributed by atoms with Crippen LogP contribution in [-0.2, 0) is 29.6 Å². The van der Waals surface area contributed by atoms with E-state index in [1.807, 2.05) is 30.9 Å². The summed E-state index contributed by atoms with van der Waals surface area (Å²) in [6.45, 7) is 12.1. The summed E-state index contributed by atoms with van der Waals surface area (Å²) in [4.78, 5) is 22.8. The van der Waals surface area contributed by atoms with E-state index in [-0.39, 0.29) is 5.75 Å². The highest BCUT2D eigenvalue weighted by atomic mass is 19.4. The fraction of sp³-hybridized carbons (Fsp3) is 0.452. The lowest BCUT2D eigenvalue weighted by Crippen LogP contribution is -2.39. The predicted octanol–water partition coefficient (Wildman–Crippen LogP) is 7.12. The summed E-state index contributed by atoms with van der Waals surface area (Å²) < 4.78 is 47.8. The number of nitrogens with zero attached hydrogens (tertiary/aromatic N) is 3. The first kappa shape index (κ1) is 31.7. The zero-order chi connectivity index (χ0) is 30.4. The van der Waals surface area contributed by atoms with Crippen LogP contribution in [-0.4, -0.2) is 39.6 Å². The number of anilines is 1. The number of alkyl halides is 3. The van der Waals surface area contributed by atoms with Gasteiger partial charge in [0.05, 0.1) is 0 Å². The number of halogens is 3. The van der Waals surface area contributed by atoms with Crippen molar-refractivity contribution in [2.45, 2.75) is 84.7 Å². The molecule has 1 N–H and O–H groups in total. The van der Waals surface area contributed by atoms with Gasteiger partial charge in [-0.3, -0.25) is 0 Å². The van der Waals surface area contributed by atoms with Gasteiger partial charge in [0.2, 0.25) is 5.95 Å². The smallest absolute Gasteiger partial charge is 0.478 e. The molecule has 0 atom stereocenters. The van der Waals surface area contributed by atoms with Crippen molar-refractivity contribution in [1.82, 2.24) is 9.97 Å². The van der Waals surface area contributed by atoms with Gasteiger partial charge in [0.1, 0.15) is 11.5 Å². The van der Waals surface area contributed by atoms with Gasteiger partial charge in [-0.15, -0.1) is 13.2 Å². The first-order chi connectivity index (χ1) is 19.1.